The second-order valence-corrected chi connectivity index (χ2v) is 5.97. The van der Waals surface area contributed by atoms with E-state index in [2.05, 4.69) is 10.3 Å². The van der Waals surface area contributed by atoms with E-state index in [-0.39, 0.29) is 10.6 Å². The lowest BCUT2D eigenvalue weighted by atomic mass is 10.1. The minimum absolute atomic E-state index is 0.0451. The lowest BCUT2D eigenvalue weighted by molar-refractivity contribution is 0.102. The summed E-state index contributed by atoms with van der Waals surface area (Å²) >= 11 is 5.68. The van der Waals surface area contributed by atoms with E-state index in [9.17, 15) is 14.0 Å². The average molecular weight is 357 g/mol. The molecule has 0 spiro atoms. The van der Waals surface area contributed by atoms with Gasteiger partial charge in [0.25, 0.3) is 11.5 Å². The summed E-state index contributed by atoms with van der Waals surface area (Å²) in [6.45, 7) is 1.97. The summed E-state index contributed by atoms with van der Waals surface area (Å²) in [5.74, 6) is -1.18. The molecule has 25 heavy (non-hydrogen) atoms. The Hall–Kier alpha value is -2.92. The summed E-state index contributed by atoms with van der Waals surface area (Å²) in [4.78, 5) is 27.2. The fourth-order valence-corrected chi connectivity index (χ4v) is 2.51. The number of carbonyl (C=O) groups excluding carboxylic acids is 1. The van der Waals surface area contributed by atoms with Crippen LogP contribution in [0, 0.1) is 12.7 Å². The number of H-pyrrole nitrogens is 1. The van der Waals surface area contributed by atoms with Gasteiger partial charge in [0.1, 0.15) is 11.4 Å². The van der Waals surface area contributed by atoms with E-state index >= 15 is 0 Å². The van der Waals surface area contributed by atoms with Crippen LogP contribution in [0.1, 0.15) is 15.9 Å². The molecule has 0 aliphatic carbocycles. The summed E-state index contributed by atoms with van der Waals surface area (Å²) in [6, 6.07) is 14.6. The van der Waals surface area contributed by atoms with Crippen molar-refractivity contribution in [3.05, 3.63) is 86.9 Å². The molecule has 0 aliphatic heterocycles. The van der Waals surface area contributed by atoms with Gasteiger partial charge in [-0.3, -0.25) is 9.59 Å². The van der Waals surface area contributed by atoms with Gasteiger partial charge in [0, 0.05) is 11.4 Å². The highest BCUT2D eigenvalue weighted by Gasteiger charge is 2.12. The van der Waals surface area contributed by atoms with Gasteiger partial charge in [-0.05, 0) is 42.8 Å². The van der Waals surface area contributed by atoms with Gasteiger partial charge in [-0.15, -0.1) is 0 Å². The van der Waals surface area contributed by atoms with Gasteiger partial charge in [-0.1, -0.05) is 41.4 Å². The maximum absolute atomic E-state index is 13.2. The van der Waals surface area contributed by atoms with Crippen molar-refractivity contribution in [2.45, 2.75) is 6.92 Å². The molecule has 1 amide bonds. The maximum atomic E-state index is 13.2. The Morgan fingerprint density at radius 2 is 1.80 bits per heavy atom. The molecule has 2 aromatic carbocycles. The van der Waals surface area contributed by atoms with Gasteiger partial charge in [-0.2, -0.15) is 0 Å². The highest BCUT2D eigenvalue weighted by atomic mass is 35.5. The molecule has 2 N–H and O–H groups in total. The summed E-state index contributed by atoms with van der Waals surface area (Å²) in [6.07, 6.45) is 0. The van der Waals surface area contributed by atoms with E-state index in [1.165, 1.54) is 18.2 Å². The first-order valence-corrected chi connectivity index (χ1v) is 7.88. The van der Waals surface area contributed by atoms with Crippen molar-refractivity contribution in [1.29, 1.82) is 0 Å². The smallest absolute Gasteiger partial charge is 0.261 e. The van der Waals surface area contributed by atoms with E-state index < -0.39 is 17.3 Å². The van der Waals surface area contributed by atoms with Crippen LogP contribution in [0.2, 0.25) is 5.02 Å². The van der Waals surface area contributed by atoms with Crippen LogP contribution in [0.15, 0.2) is 59.4 Å². The van der Waals surface area contributed by atoms with E-state index in [1.807, 2.05) is 31.2 Å². The highest BCUT2D eigenvalue weighted by molar-refractivity contribution is 6.31. The molecule has 126 valence electrons. The Bertz CT molecular complexity index is 997. The summed E-state index contributed by atoms with van der Waals surface area (Å²) < 4.78 is 13.2. The zero-order valence-electron chi connectivity index (χ0n) is 13.3. The molecular weight excluding hydrogens is 343 g/mol. The van der Waals surface area contributed by atoms with Gasteiger partial charge in [0.2, 0.25) is 0 Å². The Morgan fingerprint density at radius 3 is 2.44 bits per heavy atom. The molecule has 3 aromatic rings. The number of aromatic nitrogens is 1. The number of aromatic amines is 1. The van der Waals surface area contributed by atoms with Crippen LogP contribution in [0.4, 0.5) is 10.1 Å². The molecule has 1 heterocycles. The van der Waals surface area contributed by atoms with Crippen molar-refractivity contribution in [2.24, 2.45) is 0 Å². The van der Waals surface area contributed by atoms with Gasteiger partial charge in [-0.25, -0.2) is 4.39 Å². The van der Waals surface area contributed by atoms with E-state index in [0.29, 0.717) is 11.4 Å². The monoisotopic (exact) mass is 356 g/mol. The number of hydrogen-bond acceptors (Lipinski definition) is 2. The van der Waals surface area contributed by atoms with Gasteiger partial charge >= 0.3 is 0 Å². The zero-order chi connectivity index (χ0) is 18.0. The Morgan fingerprint density at radius 1 is 1.08 bits per heavy atom. The fraction of sp³-hybridized carbons (Fsp3) is 0.0526. The first-order valence-electron chi connectivity index (χ1n) is 7.51. The van der Waals surface area contributed by atoms with E-state index in [1.54, 1.807) is 6.07 Å². The predicted octanol–water partition coefficient (Wildman–Crippen LogP) is 4.40. The Kier molecular flexibility index (Phi) is 4.67. The SMILES string of the molecule is Cc1ccc(-c2ccc(C(=O)Nc3ccc(F)c(Cl)c3)c(=O)[nH]2)cc1. The van der Waals surface area contributed by atoms with Crippen molar-refractivity contribution in [1.82, 2.24) is 4.98 Å². The number of hydrogen-bond donors (Lipinski definition) is 2. The third-order valence-electron chi connectivity index (χ3n) is 3.69. The van der Waals surface area contributed by atoms with Crippen molar-refractivity contribution in [3.63, 3.8) is 0 Å². The first kappa shape index (κ1) is 16.9. The standard InChI is InChI=1S/C19H14ClFN2O2/c1-11-2-4-12(5-3-11)17-9-7-14(19(25)23-17)18(24)22-13-6-8-16(21)15(20)10-13/h2-10H,1H3,(H,22,24)(H,23,25). The largest absolute Gasteiger partial charge is 0.322 e. The molecule has 0 saturated heterocycles. The van der Waals surface area contributed by atoms with Gasteiger partial charge in [0.15, 0.2) is 0 Å². The molecular formula is C19H14ClFN2O2. The number of rotatable bonds is 3. The predicted molar refractivity (Wildman–Crippen MR) is 96.6 cm³/mol. The number of halogens is 2. The van der Waals surface area contributed by atoms with Crippen LogP contribution < -0.4 is 10.9 Å². The van der Waals surface area contributed by atoms with Crippen LogP contribution in [0.25, 0.3) is 11.3 Å². The third-order valence-corrected chi connectivity index (χ3v) is 3.98. The molecule has 4 nitrogen and oxygen atoms in total. The number of anilines is 1. The third kappa shape index (κ3) is 3.78. The second-order valence-electron chi connectivity index (χ2n) is 5.56. The number of pyridine rings is 1. The number of carbonyl (C=O) groups is 1. The molecule has 0 aliphatic rings. The topological polar surface area (TPSA) is 62.0 Å². The lowest BCUT2D eigenvalue weighted by Gasteiger charge is -2.07. The molecule has 3 rings (SSSR count). The van der Waals surface area contributed by atoms with Crippen LogP contribution in [0.5, 0.6) is 0 Å². The number of benzene rings is 2. The molecule has 0 saturated carbocycles. The Labute approximate surface area is 148 Å². The van der Waals surface area contributed by atoms with Crippen LogP contribution >= 0.6 is 11.6 Å². The second kappa shape index (κ2) is 6.91. The molecule has 6 heteroatoms. The van der Waals surface area contributed by atoms with Crippen LogP contribution in [-0.4, -0.2) is 10.9 Å². The summed E-state index contributed by atoms with van der Waals surface area (Å²) in [5, 5.41) is 2.41. The van der Waals surface area contributed by atoms with E-state index in [4.69, 9.17) is 11.6 Å². The van der Waals surface area contributed by atoms with Crippen molar-refractivity contribution >= 4 is 23.2 Å². The van der Waals surface area contributed by atoms with Gasteiger partial charge in [0.05, 0.1) is 5.02 Å². The summed E-state index contributed by atoms with van der Waals surface area (Å²) in [5.41, 5.74) is 2.32. The van der Waals surface area contributed by atoms with Crippen molar-refractivity contribution in [2.75, 3.05) is 5.32 Å². The first-order chi connectivity index (χ1) is 11.9. The number of aryl methyl sites for hydroxylation is 1. The zero-order valence-corrected chi connectivity index (χ0v) is 14.0. The molecule has 0 radical (unpaired) electrons. The van der Waals surface area contributed by atoms with Gasteiger partial charge < -0.3 is 10.3 Å². The Balaban J connectivity index is 1.85. The molecule has 0 bridgehead atoms. The van der Waals surface area contributed by atoms with Crippen molar-refractivity contribution < 1.29 is 9.18 Å². The average Bonchev–Trinajstić information content (AvgIpc) is 2.58. The molecule has 1 aromatic heterocycles. The quantitative estimate of drug-likeness (QED) is 0.730. The molecule has 0 unspecified atom stereocenters. The van der Waals surface area contributed by atoms with Crippen molar-refractivity contribution in [3.8, 4) is 11.3 Å². The lowest BCUT2D eigenvalue weighted by Crippen LogP contribution is -2.23. The highest BCUT2D eigenvalue weighted by Crippen LogP contribution is 2.20. The number of amides is 1. The minimum atomic E-state index is -0.598. The minimum Gasteiger partial charge on any atom is -0.322 e. The normalized spacial score (nSPS) is 10.5. The fourth-order valence-electron chi connectivity index (χ4n) is 2.33. The molecule has 0 atom stereocenters. The van der Waals surface area contributed by atoms with E-state index in [0.717, 1.165) is 17.2 Å². The number of nitrogens with one attached hydrogen (secondary N) is 2. The molecule has 0 fully saturated rings. The van der Waals surface area contributed by atoms with Crippen LogP contribution in [-0.2, 0) is 0 Å². The summed E-state index contributed by atoms with van der Waals surface area (Å²) in [7, 11) is 0. The maximum Gasteiger partial charge on any atom is 0.261 e. The van der Waals surface area contributed by atoms with Crippen LogP contribution in [0.3, 0.4) is 0 Å².